The summed E-state index contributed by atoms with van der Waals surface area (Å²) >= 11 is 0. The summed E-state index contributed by atoms with van der Waals surface area (Å²) in [5.74, 6) is -0.251. The first kappa shape index (κ1) is 33.3. The number of hydrogen-bond acceptors (Lipinski definition) is 8. The number of hydrogen-bond donors (Lipinski definition) is 1. The highest BCUT2D eigenvalue weighted by molar-refractivity contribution is 5.92. The van der Waals surface area contributed by atoms with Crippen molar-refractivity contribution in [3.63, 3.8) is 0 Å². The van der Waals surface area contributed by atoms with E-state index in [1.807, 2.05) is 41.3 Å². The number of fused-ring (bicyclic) bond motifs is 1. The summed E-state index contributed by atoms with van der Waals surface area (Å²) in [6, 6.07) is 24.0. The zero-order valence-electron chi connectivity index (χ0n) is 26.9. The molecule has 2 aromatic heterocycles. The van der Waals surface area contributed by atoms with E-state index < -0.39 is 12.8 Å². The number of aromatic amines is 1. The summed E-state index contributed by atoms with van der Waals surface area (Å²) in [6.45, 7) is 3.40. The Morgan fingerprint density at radius 2 is 1.60 bits per heavy atom. The van der Waals surface area contributed by atoms with Crippen LogP contribution in [0.4, 0.5) is 13.2 Å². The lowest BCUT2D eigenvalue weighted by Crippen LogP contribution is -2.67. The van der Waals surface area contributed by atoms with Gasteiger partial charge in [0.05, 0.1) is 19.3 Å². The number of nitrogens with one attached hydrogen (secondary N) is 1. The number of aromatic nitrogens is 3. The van der Waals surface area contributed by atoms with Crippen LogP contribution in [0.5, 0.6) is 17.8 Å². The standard InChI is InChI=1S/C35H39F3N6O4/c1-3-47-34-40-31(46-2)27(32(41-34)48-23-35(36,37)38)21-42-19-26-20-43(33(45)28-15-10-16-39-28)17-18-44(26)29(22-42)30(24-11-6-4-7-12-24)25-13-8-5-9-14-25/h4-16,26,29-30,39H,3,17-23H2,1-2H3/t26-,29+/m1/s1. The molecule has 4 heterocycles. The van der Waals surface area contributed by atoms with Gasteiger partial charge >= 0.3 is 12.2 Å². The van der Waals surface area contributed by atoms with Gasteiger partial charge in [0.2, 0.25) is 11.8 Å². The summed E-state index contributed by atoms with van der Waals surface area (Å²) in [5.41, 5.74) is 3.12. The first-order valence-electron chi connectivity index (χ1n) is 16.0. The van der Waals surface area contributed by atoms with Crippen LogP contribution in [-0.4, -0.2) is 107 Å². The largest absolute Gasteiger partial charge is 0.481 e. The summed E-state index contributed by atoms with van der Waals surface area (Å²) in [6.07, 6.45) is -2.84. The van der Waals surface area contributed by atoms with Gasteiger partial charge in [0, 0.05) is 63.5 Å². The zero-order valence-corrected chi connectivity index (χ0v) is 26.9. The molecule has 48 heavy (non-hydrogen) atoms. The van der Waals surface area contributed by atoms with Crippen molar-refractivity contribution in [1.29, 1.82) is 0 Å². The predicted molar refractivity (Wildman–Crippen MR) is 172 cm³/mol. The molecule has 0 aliphatic carbocycles. The maximum Gasteiger partial charge on any atom is 0.422 e. The van der Waals surface area contributed by atoms with Gasteiger partial charge < -0.3 is 24.1 Å². The molecular formula is C35H39F3N6O4. The molecule has 2 aliphatic rings. The topological polar surface area (TPSA) is 96.0 Å². The average Bonchev–Trinajstić information content (AvgIpc) is 3.64. The molecule has 254 valence electrons. The molecule has 0 unspecified atom stereocenters. The molecule has 1 amide bonds. The highest BCUT2D eigenvalue weighted by Crippen LogP contribution is 2.38. The third-order valence-electron chi connectivity index (χ3n) is 8.82. The van der Waals surface area contributed by atoms with E-state index in [9.17, 15) is 18.0 Å². The highest BCUT2D eigenvalue weighted by Gasteiger charge is 2.44. The van der Waals surface area contributed by atoms with Crippen molar-refractivity contribution in [3.05, 3.63) is 101 Å². The van der Waals surface area contributed by atoms with Gasteiger partial charge in [-0.05, 0) is 30.2 Å². The lowest BCUT2D eigenvalue weighted by molar-refractivity contribution is -0.154. The van der Waals surface area contributed by atoms with Crippen molar-refractivity contribution in [2.24, 2.45) is 0 Å². The van der Waals surface area contributed by atoms with Crippen LogP contribution >= 0.6 is 0 Å². The van der Waals surface area contributed by atoms with Crippen molar-refractivity contribution >= 4 is 5.91 Å². The van der Waals surface area contributed by atoms with Crippen LogP contribution in [0.1, 0.15) is 40.0 Å². The van der Waals surface area contributed by atoms with Crippen LogP contribution in [0.3, 0.4) is 0 Å². The number of methoxy groups -OCH3 is 1. The Balaban J connectivity index is 1.38. The first-order chi connectivity index (χ1) is 23.2. The van der Waals surface area contributed by atoms with Gasteiger partial charge in [-0.3, -0.25) is 14.6 Å². The lowest BCUT2D eigenvalue weighted by atomic mass is 9.81. The lowest BCUT2D eigenvalue weighted by Gasteiger charge is -2.53. The van der Waals surface area contributed by atoms with Crippen LogP contribution in [-0.2, 0) is 6.54 Å². The molecule has 0 spiro atoms. The number of amides is 1. The van der Waals surface area contributed by atoms with Gasteiger partial charge in [0.15, 0.2) is 6.61 Å². The van der Waals surface area contributed by atoms with Gasteiger partial charge in [0.25, 0.3) is 5.91 Å². The minimum atomic E-state index is -4.58. The third kappa shape index (κ3) is 7.57. The fourth-order valence-corrected chi connectivity index (χ4v) is 6.83. The molecule has 0 radical (unpaired) electrons. The van der Waals surface area contributed by atoms with E-state index in [-0.39, 0.29) is 54.8 Å². The quantitative estimate of drug-likeness (QED) is 0.240. The van der Waals surface area contributed by atoms with E-state index >= 15 is 0 Å². The Morgan fingerprint density at radius 1 is 0.917 bits per heavy atom. The summed E-state index contributed by atoms with van der Waals surface area (Å²) < 4.78 is 56.2. The van der Waals surface area contributed by atoms with Crippen molar-refractivity contribution in [3.8, 4) is 17.8 Å². The van der Waals surface area contributed by atoms with E-state index in [0.717, 1.165) is 11.1 Å². The first-order valence-corrected chi connectivity index (χ1v) is 16.0. The maximum absolute atomic E-state index is 13.4. The fraction of sp³-hybridized carbons (Fsp3) is 0.400. The summed E-state index contributed by atoms with van der Waals surface area (Å²) in [4.78, 5) is 31.5. The van der Waals surface area contributed by atoms with E-state index in [1.165, 1.54) is 7.11 Å². The number of piperazine rings is 2. The third-order valence-corrected chi connectivity index (χ3v) is 8.82. The fourth-order valence-electron chi connectivity index (χ4n) is 6.83. The predicted octanol–water partition coefficient (Wildman–Crippen LogP) is 5.00. The van der Waals surface area contributed by atoms with Gasteiger partial charge in [-0.25, -0.2) is 0 Å². The van der Waals surface area contributed by atoms with Crippen molar-refractivity contribution in [2.45, 2.75) is 37.6 Å². The van der Waals surface area contributed by atoms with Gasteiger partial charge in [-0.2, -0.15) is 23.1 Å². The Kier molecular flexibility index (Phi) is 10.2. The van der Waals surface area contributed by atoms with Crippen molar-refractivity contribution in [2.75, 3.05) is 53.0 Å². The molecule has 13 heteroatoms. The van der Waals surface area contributed by atoms with Crippen LogP contribution in [0.25, 0.3) is 0 Å². The smallest absolute Gasteiger partial charge is 0.422 e. The number of halogens is 3. The van der Waals surface area contributed by atoms with Crippen LogP contribution in [0.15, 0.2) is 79.0 Å². The van der Waals surface area contributed by atoms with E-state index in [4.69, 9.17) is 14.2 Å². The second kappa shape index (κ2) is 14.7. The summed E-state index contributed by atoms with van der Waals surface area (Å²) in [7, 11) is 1.40. The minimum Gasteiger partial charge on any atom is -0.481 e. The maximum atomic E-state index is 13.4. The second-order valence-corrected chi connectivity index (χ2v) is 11.9. The normalized spacial score (nSPS) is 18.8. The molecule has 0 bridgehead atoms. The Labute approximate surface area is 277 Å². The highest BCUT2D eigenvalue weighted by atomic mass is 19.4. The molecule has 6 rings (SSSR count). The molecule has 2 aromatic carbocycles. The van der Waals surface area contributed by atoms with Crippen LogP contribution in [0, 0.1) is 0 Å². The van der Waals surface area contributed by atoms with Gasteiger partial charge in [0.1, 0.15) is 5.69 Å². The number of nitrogens with zero attached hydrogens (tertiary/aromatic N) is 5. The molecule has 2 aliphatic heterocycles. The minimum absolute atomic E-state index is 0.0252. The molecule has 2 atom stereocenters. The number of carbonyl (C=O) groups excluding carboxylic acids is 1. The number of alkyl halides is 3. The average molecular weight is 665 g/mol. The molecule has 2 fully saturated rings. The van der Waals surface area contributed by atoms with Crippen LogP contribution < -0.4 is 14.2 Å². The Morgan fingerprint density at radius 3 is 2.21 bits per heavy atom. The molecule has 0 saturated carbocycles. The van der Waals surface area contributed by atoms with Crippen molar-refractivity contribution < 1.29 is 32.2 Å². The van der Waals surface area contributed by atoms with Crippen LogP contribution in [0.2, 0.25) is 0 Å². The van der Waals surface area contributed by atoms with Gasteiger partial charge in [-0.15, -0.1) is 0 Å². The summed E-state index contributed by atoms with van der Waals surface area (Å²) in [5, 5.41) is 0. The van der Waals surface area contributed by atoms with E-state index in [2.05, 4.69) is 49.0 Å². The zero-order chi connectivity index (χ0) is 33.7. The molecule has 2 saturated heterocycles. The molecule has 10 nitrogen and oxygen atoms in total. The molecular weight excluding hydrogens is 625 g/mol. The molecule has 4 aromatic rings. The number of carbonyl (C=O) groups is 1. The second-order valence-electron chi connectivity index (χ2n) is 11.9. The van der Waals surface area contributed by atoms with E-state index in [1.54, 1.807) is 25.3 Å². The van der Waals surface area contributed by atoms with E-state index in [0.29, 0.717) is 44.0 Å². The Bertz CT molecular complexity index is 1600. The number of benzene rings is 2. The number of ether oxygens (including phenoxy) is 3. The number of H-pyrrole nitrogens is 1. The SMILES string of the molecule is CCOc1nc(OC)c(CN2C[C@@H]3CN(C(=O)c4ccc[nH]4)CCN3[C@H](C(c3ccccc3)c3ccccc3)C2)c(OCC(F)(F)F)n1. The Hall–Kier alpha value is -4.62. The number of rotatable bonds is 11. The molecule has 1 N–H and O–H groups in total. The van der Waals surface area contributed by atoms with Gasteiger partial charge in [-0.1, -0.05) is 60.7 Å². The monoisotopic (exact) mass is 664 g/mol. The van der Waals surface area contributed by atoms with Crippen molar-refractivity contribution in [1.82, 2.24) is 29.7 Å².